The number of aromatic nitrogens is 1. The van der Waals surface area contributed by atoms with Crippen molar-refractivity contribution in [3.8, 4) is 0 Å². The molecule has 2 rings (SSSR count). The number of pyridine rings is 1. The average molecular weight is 266 g/mol. The fraction of sp³-hybridized carbons (Fsp3) is 0.214. The topological polar surface area (TPSA) is 24.9 Å². The van der Waals surface area contributed by atoms with Crippen molar-refractivity contribution in [3.05, 3.63) is 65.2 Å². The smallest absolute Gasteiger partial charge is 0.163 e. The Bertz CT molecular complexity index is 572. The molecule has 1 aromatic heterocycles. The molecule has 1 unspecified atom stereocenters. The van der Waals surface area contributed by atoms with Crippen molar-refractivity contribution < 1.29 is 13.2 Å². The normalized spacial score (nSPS) is 12.4. The third-order valence-corrected chi connectivity index (χ3v) is 2.82. The van der Waals surface area contributed by atoms with Gasteiger partial charge in [-0.1, -0.05) is 19.1 Å². The summed E-state index contributed by atoms with van der Waals surface area (Å²) in [5.41, 5.74) is 0.313. The Kier molecular flexibility index (Phi) is 4.16. The molecule has 2 nitrogen and oxygen atoms in total. The van der Waals surface area contributed by atoms with E-state index >= 15 is 0 Å². The average Bonchev–Trinajstić information content (AvgIpc) is 2.41. The van der Waals surface area contributed by atoms with Crippen LogP contribution in [0.25, 0.3) is 0 Å². The zero-order valence-corrected chi connectivity index (χ0v) is 10.3. The van der Waals surface area contributed by atoms with Crippen LogP contribution >= 0.6 is 0 Å². The van der Waals surface area contributed by atoms with Crippen molar-refractivity contribution >= 4 is 0 Å². The maximum absolute atomic E-state index is 13.8. The van der Waals surface area contributed by atoms with Crippen molar-refractivity contribution in [2.24, 2.45) is 0 Å². The van der Waals surface area contributed by atoms with Crippen LogP contribution in [0.3, 0.4) is 0 Å². The van der Waals surface area contributed by atoms with Crippen LogP contribution in [0.2, 0.25) is 0 Å². The van der Waals surface area contributed by atoms with E-state index in [1.54, 1.807) is 0 Å². The number of halogens is 3. The van der Waals surface area contributed by atoms with Gasteiger partial charge >= 0.3 is 0 Å². The molecule has 2 aromatic rings. The molecule has 0 bridgehead atoms. The molecule has 19 heavy (non-hydrogen) atoms. The second-order valence-electron chi connectivity index (χ2n) is 4.03. The van der Waals surface area contributed by atoms with Crippen LogP contribution in [-0.2, 0) is 0 Å². The van der Waals surface area contributed by atoms with Crippen molar-refractivity contribution in [3.63, 3.8) is 0 Å². The molecule has 0 radical (unpaired) electrons. The van der Waals surface area contributed by atoms with Gasteiger partial charge < -0.3 is 5.32 Å². The van der Waals surface area contributed by atoms with Gasteiger partial charge in [0.05, 0.1) is 12.2 Å². The molecule has 100 valence electrons. The van der Waals surface area contributed by atoms with Crippen LogP contribution in [0, 0.1) is 17.5 Å². The van der Waals surface area contributed by atoms with Crippen LogP contribution in [0.4, 0.5) is 13.2 Å². The Labute approximate surface area is 109 Å². The number of nitrogens with one attached hydrogen (secondary N) is 1. The first kappa shape index (κ1) is 13.5. The van der Waals surface area contributed by atoms with Gasteiger partial charge in [-0.15, -0.1) is 0 Å². The Morgan fingerprint density at radius 3 is 2.58 bits per heavy atom. The molecule has 0 aliphatic heterocycles. The summed E-state index contributed by atoms with van der Waals surface area (Å²) >= 11 is 0. The predicted octanol–water partition coefficient (Wildman–Crippen LogP) is 3.20. The third-order valence-electron chi connectivity index (χ3n) is 2.82. The van der Waals surface area contributed by atoms with E-state index in [1.807, 2.05) is 6.92 Å². The maximum atomic E-state index is 13.8. The Morgan fingerprint density at radius 2 is 1.89 bits per heavy atom. The lowest BCUT2D eigenvalue weighted by molar-refractivity contribution is 0.477. The maximum Gasteiger partial charge on any atom is 0.163 e. The fourth-order valence-electron chi connectivity index (χ4n) is 1.96. The highest BCUT2D eigenvalue weighted by Gasteiger charge is 2.21. The zero-order valence-electron chi connectivity index (χ0n) is 10.3. The first-order chi connectivity index (χ1) is 9.15. The highest BCUT2D eigenvalue weighted by atomic mass is 19.2. The minimum Gasteiger partial charge on any atom is -0.306 e. The van der Waals surface area contributed by atoms with E-state index in [4.69, 9.17) is 0 Å². The fourth-order valence-corrected chi connectivity index (χ4v) is 1.96. The lowest BCUT2D eigenvalue weighted by atomic mass is 9.98. The van der Waals surface area contributed by atoms with E-state index < -0.39 is 23.5 Å². The van der Waals surface area contributed by atoms with Gasteiger partial charge in [0.25, 0.3) is 0 Å². The summed E-state index contributed by atoms with van der Waals surface area (Å²) in [4.78, 5) is 3.65. The Hall–Kier alpha value is -1.88. The van der Waals surface area contributed by atoms with Gasteiger partial charge in [-0.05, 0) is 18.7 Å². The summed E-state index contributed by atoms with van der Waals surface area (Å²) in [6.45, 7) is 2.30. The summed E-state index contributed by atoms with van der Waals surface area (Å²) in [6.07, 6.45) is 2.47. The molecule has 0 spiro atoms. The molecule has 0 fully saturated rings. The molecule has 0 saturated carbocycles. The summed E-state index contributed by atoms with van der Waals surface area (Å²) in [5, 5.41) is 2.95. The highest BCUT2D eigenvalue weighted by Crippen LogP contribution is 2.27. The SMILES string of the molecule is CCNC(c1ccncc1F)c1cccc(F)c1F. The first-order valence-corrected chi connectivity index (χ1v) is 5.91. The Balaban J connectivity index is 2.52. The van der Waals surface area contributed by atoms with Crippen LogP contribution in [-0.4, -0.2) is 11.5 Å². The number of hydrogen-bond acceptors (Lipinski definition) is 2. The molecule has 5 heteroatoms. The molecule has 1 atom stereocenters. The molecule has 0 aliphatic carbocycles. The van der Waals surface area contributed by atoms with Crippen molar-refractivity contribution in [2.75, 3.05) is 6.54 Å². The number of hydrogen-bond donors (Lipinski definition) is 1. The largest absolute Gasteiger partial charge is 0.306 e. The molecule has 1 aromatic carbocycles. The highest BCUT2D eigenvalue weighted by molar-refractivity contribution is 5.32. The molecular formula is C14H13F3N2. The molecule has 0 amide bonds. The second-order valence-corrected chi connectivity index (χ2v) is 4.03. The predicted molar refractivity (Wildman–Crippen MR) is 66.1 cm³/mol. The molecule has 0 saturated heterocycles. The quantitative estimate of drug-likeness (QED) is 0.919. The molecule has 1 heterocycles. The van der Waals surface area contributed by atoms with Gasteiger partial charge in [-0.3, -0.25) is 4.98 Å². The lowest BCUT2D eigenvalue weighted by Crippen LogP contribution is -2.24. The van der Waals surface area contributed by atoms with Crippen molar-refractivity contribution in [1.82, 2.24) is 10.3 Å². The van der Waals surface area contributed by atoms with Gasteiger partial charge in [0.15, 0.2) is 11.6 Å². The van der Waals surface area contributed by atoms with Crippen molar-refractivity contribution in [2.45, 2.75) is 13.0 Å². The molecule has 1 N–H and O–H groups in total. The van der Waals surface area contributed by atoms with E-state index in [2.05, 4.69) is 10.3 Å². The van der Waals surface area contributed by atoms with Crippen molar-refractivity contribution in [1.29, 1.82) is 0 Å². The monoisotopic (exact) mass is 266 g/mol. The number of rotatable bonds is 4. The van der Waals surface area contributed by atoms with Gasteiger partial charge in [-0.2, -0.15) is 0 Å². The van der Waals surface area contributed by atoms with Crippen LogP contribution in [0.15, 0.2) is 36.7 Å². The van der Waals surface area contributed by atoms with Crippen LogP contribution < -0.4 is 5.32 Å². The van der Waals surface area contributed by atoms with Crippen LogP contribution in [0.1, 0.15) is 24.1 Å². The van der Waals surface area contributed by atoms with E-state index in [-0.39, 0.29) is 11.1 Å². The van der Waals surface area contributed by atoms with E-state index in [9.17, 15) is 13.2 Å². The standard InChI is InChI=1S/C14H13F3N2/c1-2-19-14(9-6-7-18-8-12(9)16)10-4-3-5-11(15)13(10)17/h3-8,14,19H,2H2,1H3. The minimum absolute atomic E-state index is 0.0759. The third kappa shape index (κ3) is 2.76. The van der Waals surface area contributed by atoms with Gasteiger partial charge in [0.1, 0.15) is 5.82 Å². The Morgan fingerprint density at radius 1 is 1.11 bits per heavy atom. The first-order valence-electron chi connectivity index (χ1n) is 5.91. The van der Waals surface area contributed by atoms with Gasteiger partial charge in [0.2, 0.25) is 0 Å². The molecule has 0 aliphatic rings. The van der Waals surface area contributed by atoms with Gasteiger partial charge in [0, 0.05) is 17.3 Å². The van der Waals surface area contributed by atoms with E-state index in [0.717, 1.165) is 12.3 Å². The van der Waals surface area contributed by atoms with E-state index in [1.165, 1.54) is 24.4 Å². The second kappa shape index (κ2) is 5.84. The zero-order chi connectivity index (χ0) is 13.8. The lowest BCUT2D eigenvalue weighted by Gasteiger charge is -2.20. The summed E-state index contributed by atoms with van der Waals surface area (Å²) in [6, 6.07) is 4.57. The van der Waals surface area contributed by atoms with E-state index in [0.29, 0.717) is 6.54 Å². The summed E-state index contributed by atoms with van der Waals surface area (Å²) in [5.74, 6) is -2.48. The van der Waals surface area contributed by atoms with Gasteiger partial charge in [-0.25, -0.2) is 13.2 Å². The number of benzene rings is 1. The summed E-state index contributed by atoms with van der Waals surface area (Å²) in [7, 11) is 0. The number of nitrogens with zero attached hydrogens (tertiary/aromatic N) is 1. The summed E-state index contributed by atoms with van der Waals surface area (Å²) < 4.78 is 40.9. The minimum atomic E-state index is -0.968. The molecular weight excluding hydrogens is 253 g/mol. The van der Waals surface area contributed by atoms with Crippen LogP contribution in [0.5, 0.6) is 0 Å².